The molecule has 2 unspecified atom stereocenters. The molecule has 3 amide bonds. The van der Waals surface area contributed by atoms with Gasteiger partial charge in [-0.05, 0) is 43.0 Å². The Hall–Kier alpha value is -2.70. The first-order valence-corrected chi connectivity index (χ1v) is 11.1. The molecule has 0 saturated carbocycles. The zero-order valence-corrected chi connectivity index (χ0v) is 18.0. The summed E-state index contributed by atoms with van der Waals surface area (Å²) in [6.45, 7) is 4.61. The average Bonchev–Trinajstić information content (AvgIpc) is 3.01. The summed E-state index contributed by atoms with van der Waals surface area (Å²) in [4.78, 5) is 29.9. The molecule has 2 fully saturated rings. The van der Waals surface area contributed by atoms with E-state index < -0.39 is 17.7 Å². The lowest BCUT2D eigenvalue weighted by Crippen LogP contribution is -2.47. The molecule has 0 bridgehead atoms. The van der Waals surface area contributed by atoms with E-state index in [-0.39, 0.29) is 12.5 Å². The van der Waals surface area contributed by atoms with E-state index in [1.807, 2.05) is 60.7 Å². The Morgan fingerprint density at radius 3 is 2.26 bits per heavy atom. The summed E-state index contributed by atoms with van der Waals surface area (Å²) in [6.07, 6.45) is 1.82. The highest BCUT2D eigenvalue weighted by molar-refractivity contribution is 6.07. The standard InChI is InChI=1S/C25H31N3O3/c1-19-12-14-27(15-13-19)17-22(29)18-28-23(30)25(26-24(28)31,21-10-6-3-7-11-21)16-20-8-4-2-5-9-20/h2-11,19,22,29H,12-18H2,1H3,(H,26,31). The number of nitrogens with zero attached hydrogens (tertiary/aromatic N) is 2. The Morgan fingerprint density at radius 2 is 1.61 bits per heavy atom. The third-order valence-corrected chi connectivity index (χ3v) is 6.49. The molecule has 2 aromatic carbocycles. The minimum absolute atomic E-state index is 0.0000928. The van der Waals surface area contributed by atoms with E-state index in [1.165, 1.54) is 4.90 Å². The molecule has 164 valence electrons. The van der Waals surface area contributed by atoms with Crippen molar-refractivity contribution in [2.24, 2.45) is 5.92 Å². The molecule has 6 heteroatoms. The largest absolute Gasteiger partial charge is 0.390 e. The van der Waals surface area contributed by atoms with Gasteiger partial charge in [-0.2, -0.15) is 0 Å². The Kier molecular flexibility index (Phi) is 6.39. The molecule has 2 saturated heterocycles. The Bertz CT molecular complexity index is 897. The van der Waals surface area contributed by atoms with Crippen molar-refractivity contribution >= 4 is 11.9 Å². The number of β-amino-alcohol motifs (C(OH)–C–C–N with tert-alkyl or cyclic N) is 1. The van der Waals surface area contributed by atoms with Crippen molar-refractivity contribution in [3.8, 4) is 0 Å². The molecule has 2 atom stereocenters. The zero-order valence-electron chi connectivity index (χ0n) is 18.0. The molecule has 2 heterocycles. The quantitative estimate of drug-likeness (QED) is 0.675. The highest BCUT2D eigenvalue weighted by Gasteiger charge is 2.52. The van der Waals surface area contributed by atoms with Crippen LogP contribution in [0.25, 0.3) is 0 Å². The van der Waals surface area contributed by atoms with Gasteiger partial charge < -0.3 is 15.3 Å². The van der Waals surface area contributed by atoms with Gasteiger partial charge in [0, 0.05) is 13.0 Å². The van der Waals surface area contributed by atoms with Gasteiger partial charge in [0.25, 0.3) is 5.91 Å². The summed E-state index contributed by atoms with van der Waals surface area (Å²) in [5.74, 6) is 0.405. The maximum absolute atomic E-state index is 13.6. The molecule has 0 aliphatic carbocycles. The second kappa shape index (κ2) is 9.20. The number of urea groups is 1. The lowest BCUT2D eigenvalue weighted by molar-refractivity contribution is -0.132. The van der Waals surface area contributed by atoms with E-state index >= 15 is 0 Å². The van der Waals surface area contributed by atoms with Gasteiger partial charge in [0.05, 0.1) is 12.6 Å². The fraction of sp³-hybridized carbons (Fsp3) is 0.440. The van der Waals surface area contributed by atoms with Crippen LogP contribution in [0, 0.1) is 5.92 Å². The monoisotopic (exact) mass is 421 g/mol. The number of hydrogen-bond acceptors (Lipinski definition) is 4. The first kappa shape index (κ1) is 21.5. The maximum atomic E-state index is 13.6. The summed E-state index contributed by atoms with van der Waals surface area (Å²) in [7, 11) is 0. The predicted octanol–water partition coefficient (Wildman–Crippen LogP) is 2.77. The second-order valence-corrected chi connectivity index (χ2v) is 8.92. The van der Waals surface area contributed by atoms with Gasteiger partial charge >= 0.3 is 6.03 Å². The van der Waals surface area contributed by atoms with Crippen LogP contribution in [0.15, 0.2) is 60.7 Å². The third-order valence-electron chi connectivity index (χ3n) is 6.49. The van der Waals surface area contributed by atoms with Crippen LogP contribution in [0.4, 0.5) is 4.79 Å². The van der Waals surface area contributed by atoms with Crippen LogP contribution >= 0.6 is 0 Å². The fourth-order valence-corrected chi connectivity index (χ4v) is 4.65. The predicted molar refractivity (Wildman–Crippen MR) is 119 cm³/mol. The molecule has 0 spiro atoms. The normalized spacial score (nSPS) is 23.7. The number of aliphatic hydroxyl groups is 1. The number of carbonyl (C=O) groups is 2. The van der Waals surface area contributed by atoms with Crippen molar-refractivity contribution in [1.29, 1.82) is 0 Å². The number of amides is 3. The molecule has 2 aliphatic rings. The van der Waals surface area contributed by atoms with Crippen LogP contribution in [0.5, 0.6) is 0 Å². The second-order valence-electron chi connectivity index (χ2n) is 8.92. The average molecular weight is 422 g/mol. The highest BCUT2D eigenvalue weighted by Crippen LogP contribution is 2.33. The number of nitrogens with one attached hydrogen (secondary N) is 1. The summed E-state index contributed by atoms with van der Waals surface area (Å²) >= 11 is 0. The lowest BCUT2D eigenvalue weighted by Gasteiger charge is -2.32. The van der Waals surface area contributed by atoms with Gasteiger partial charge in [-0.25, -0.2) is 4.79 Å². The summed E-state index contributed by atoms with van der Waals surface area (Å²) < 4.78 is 0. The van der Waals surface area contributed by atoms with Crippen molar-refractivity contribution in [3.63, 3.8) is 0 Å². The topological polar surface area (TPSA) is 72.9 Å². The molecule has 2 aromatic rings. The van der Waals surface area contributed by atoms with E-state index in [0.29, 0.717) is 18.9 Å². The van der Waals surface area contributed by atoms with Crippen LogP contribution in [0.1, 0.15) is 30.9 Å². The molecule has 31 heavy (non-hydrogen) atoms. The molecule has 2 N–H and O–H groups in total. The van der Waals surface area contributed by atoms with Gasteiger partial charge in [-0.15, -0.1) is 0 Å². The van der Waals surface area contributed by atoms with Gasteiger partial charge in [-0.3, -0.25) is 9.69 Å². The molecule has 2 aliphatic heterocycles. The van der Waals surface area contributed by atoms with Crippen LogP contribution in [-0.2, 0) is 16.8 Å². The van der Waals surface area contributed by atoms with Crippen molar-refractivity contribution < 1.29 is 14.7 Å². The van der Waals surface area contributed by atoms with Crippen LogP contribution in [0.2, 0.25) is 0 Å². The summed E-state index contributed by atoms with van der Waals surface area (Å²) in [5, 5.41) is 13.6. The minimum Gasteiger partial charge on any atom is -0.390 e. The number of hydrogen-bond donors (Lipinski definition) is 2. The van der Waals surface area contributed by atoms with E-state index in [4.69, 9.17) is 0 Å². The number of aliphatic hydroxyl groups excluding tert-OH is 1. The fourth-order valence-electron chi connectivity index (χ4n) is 4.65. The van der Waals surface area contributed by atoms with Crippen LogP contribution < -0.4 is 5.32 Å². The number of benzene rings is 2. The smallest absolute Gasteiger partial charge is 0.325 e. The van der Waals surface area contributed by atoms with Gasteiger partial charge in [0.2, 0.25) is 0 Å². The zero-order chi connectivity index (χ0) is 21.8. The van der Waals surface area contributed by atoms with E-state index in [2.05, 4.69) is 17.1 Å². The minimum atomic E-state index is -1.17. The number of likely N-dealkylation sites (tertiary alicyclic amines) is 1. The van der Waals surface area contributed by atoms with Crippen LogP contribution in [0.3, 0.4) is 0 Å². The van der Waals surface area contributed by atoms with E-state index in [1.54, 1.807) is 0 Å². The summed E-state index contributed by atoms with van der Waals surface area (Å²) in [6, 6.07) is 18.6. The molecule has 4 rings (SSSR count). The maximum Gasteiger partial charge on any atom is 0.325 e. The third kappa shape index (κ3) is 4.65. The Morgan fingerprint density at radius 1 is 1.00 bits per heavy atom. The van der Waals surface area contributed by atoms with E-state index in [9.17, 15) is 14.7 Å². The molecular weight excluding hydrogens is 390 g/mol. The van der Waals surface area contributed by atoms with Crippen molar-refractivity contribution in [2.75, 3.05) is 26.2 Å². The molecule has 6 nitrogen and oxygen atoms in total. The Balaban J connectivity index is 1.53. The number of carbonyl (C=O) groups excluding carboxylic acids is 2. The number of rotatable bonds is 7. The molecule has 0 aromatic heterocycles. The van der Waals surface area contributed by atoms with Crippen molar-refractivity contribution in [3.05, 3.63) is 71.8 Å². The Labute approximate surface area is 183 Å². The summed E-state index contributed by atoms with van der Waals surface area (Å²) in [5.41, 5.74) is 0.545. The van der Waals surface area contributed by atoms with Crippen molar-refractivity contribution in [2.45, 2.75) is 37.8 Å². The number of piperidine rings is 1. The first-order chi connectivity index (χ1) is 15.0. The SMILES string of the molecule is CC1CCN(CC(O)CN2C(=O)NC(Cc3ccccc3)(c3ccccc3)C2=O)CC1. The molecule has 0 radical (unpaired) electrons. The number of imide groups is 1. The molecular formula is C25H31N3O3. The van der Waals surface area contributed by atoms with Gasteiger partial charge in [0.1, 0.15) is 0 Å². The van der Waals surface area contributed by atoms with Crippen LogP contribution in [-0.4, -0.2) is 59.1 Å². The van der Waals surface area contributed by atoms with E-state index in [0.717, 1.165) is 37.1 Å². The lowest BCUT2D eigenvalue weighted by atomic mass is 9.83. The van der Waals surface area contributed by atoms with Crippen molar-refractivity contribution in [1.82, 2.24) is 15.1 Å². The van der Waals surface area contributed by atoms with Gasteiger partial charge in [0.15, 0.2) is 5.54 Å². The van der Waals surface area contributed by atoms with Gasteiger partial charge in [-0.1, -0.05) is 67.6 Å². The first-order valence-electron chi connectivity index (χ1n) is 11.1. The highest BCUT2D eigenvalue weighted by atomic mass is 16.3.